The van der Waals surface area contributed by atoms with Gasteiger partial charge < -0.3 is 5.32 Å². The molecule has 0 spiro atoms. The van der Waals surface area contributed by atoms with E-state index in [-0.39, 0.29) is 0 Å². The smallest absolute Gasteiger partial charge is 0.00994 e. The second kappa shape index (κ2) is 4.42. The maximum absolute atomic E-state index is 3.55. The molecule has 0 aromatic heterocycles. The van der Waals surface area contributed by atoms with E-state index in [0.29, 0.717) is 0 Å². The lowest BCUT2D eigenvalue weighted by Crippen LogP contribution is -2.46. The Labute approximate surface area is 93.4 Å². The van der Waals surface area contributed by atoms with Gasteiger partial charge in [0, 0.05) is 18.6 Å². The normalized spacial score (nSPS) is 33.0. The van der Waals surface area contributed by atoms with Crippen LogP contribution in [-0.2, 0) is 0 Å². The second-order valence-electron chi connectivity index (χ2n) is 5.73. The molecule has 2 heteroatoms. The predicted molar refractivity (Wildman–Crippen MR) is 63.0 cm³/mol. The molecule has 1 N–H and O–H groups in total. The quantitative estimate of drug-likeness (QED) is 0.760. The van der Waals surface area contributed by atoms with Crippen molar-refractivity contribution in [1.29, 1.82) is 0 Å². The molecule has 3 rings (SSSR count). The first-order chi connectivity index (χ1) is 7.43. The number of hydrogen-bond donors (Lipinski definition) is 1. The third kappa shape index (κ3) is 2.36. The topological polar surface area (TPSA) is 15.3 Å². The van der Waals surface area contributed by atoms with Gasteiger partial charge in [-0.3, -0.25) is 4.90 Å². The third-order valence-electron chi connectivity index (χ3n) is 4.43. The summed E-state index contributed by atoms with van der Waals surface area (Å²) in [7, 11) is 0. The molecule has 0 radical (unpaired) electrons. The van der Waals surface area contributed by atoms with Gasteiger partial charge in [-0.2, -0.15) is 0 Å². The van der Waals surface area contributed by atoms with E-state index in [2.05, 4.69) is 10.2 Å². The molecule has 0 bridgehead atoms. The standard InChI is InChI=1S/C13H24N2/c1-4-12(5-1)15(13-6-7-13)10-11-3-2-8-14-9-11/h11-14H,1-10H2. The van der Waals surface area contributed by atoms with E-state index in [1.807, 2.05) is 0 Å². The minimum atomic E-state index is 0.944. The molecule has 3 aliphatic rings. The Morgan fingerprint density at radius 3 is 2.27 bits per heavy atom. The Morgan fingerprint density at radius 1 is 0.933 bits per heavy atom. The van der Waals surface area contributed by atoms with Crippen LogP contribution in [0.4, 0.5) is 0 Å². The molecule has 1 heterocycles. The van der Waals surface area contributed by atoms with Gasteiger partial charge in [0.05, 0.1) is 0 Å². The van der Waals surface area contributed by atoms with Gasteiger partial charge in [-0.1, -0.05) is 6.42 Å². The average molecular weight is 208 g/mol. The van der Waals surface area contributed by atoms with Crippen LogP contribution in [0, 0.1) is 5.92 Å². The van der Waals surface area contributed by atoms with Crippen molar-refractivity contribution in [3.05, 3.63) is 0 Å². The molecule has 0 aromatic carbocycles. The zero-order valence-corrected chi connectivity index (χ0v) is 9.75. The molecular formula is C13H24N2. The van der Waals surface area contributed by atoms with Crippen molar-refractivity contribution in [3.8, 4) is 0 Å². The molecule has 2 saturated carbocycles. The first-order valence-corrected chi connectivity index (χ1v) is 6.90. The van der Waals surface area contributed by atoms with Crippen LogP contribution in [0.5, 0.6) is 0 Å². The van der Waals surface area contributed by atoms with Gasteiger partial charge in [0.25, 0.3) is 0 Å². The number of nitrogens with zero attached hydrogens (tertiary/aromatic N) is 1. The Hall–Kier alpha value is -0.0800. The van der Waals surface area contributed by atoms with Crippen LogP contribution in [0.3, 0.4) is 0 Å². The fourth-order valence-electron chi connectivity index (χ4n) is 3.10. The summed E-state index contributed by atoms with van der Waals surface area (Å²) in [6.07, 6.45) is 10.3. The summed E-state index contributed by atoms with van der Waals surface area (Å²) in [5, 5.41) is 3.55. The van der Waals surface area contributed by atoms with E-state index in [9.17, 15) is 0 Å². The van der Waals surface area contributed by atoms with Gasteiger partial charge in [-0.25, -0.2) is 0 Å². The molecule has 1 atom stereocenters. The van der Waals surface area contributed by atoms with E-state index in [1.54, 1.807) is 0 Å². The first-order valence-electron chi connectivity index (χ1n) is 6.90. The highest BCUT2D eigenvalue weighted by molar-refractivity contribution is 4.93. The number of hydrogen-bond acceptors (Lipinski definition) is 2. The fraction of sp³-hybridized carbons (Fsp3) is 1.00. The molecule has 86 valence electrons. The highest BCUT2D eigenvalue weighted by atomic mass is 15.2. The summed E-state index contributed by atoms with van der Waals surface area (Å²) in [6.45, 7) is 3.92. The summed E-state index contributed by atoms with van der Waals surface area (Å²) < 4.78 is 0. The molecule has 1 saturated heterocycles. The Morgan fingerprint density at radius 2 is 1.73 bits per heavy atom. The van der Waals surface area contributed by atoms with Crippen molar-refractivity contribution < 1.29 is 0 Å². The van der Waals surface area contributed by atoms with Gasteiger partial charge in [0.15, 0.2) is 0 Å². The predicted octanol–water partition coefficient (Wildman–Crippen LogP) is 2.00. The molecule has 2 nitrogen and oxygen atoms in total. The summed E-state index contributed by atoms with van der Waals surface area (Å²) in [6, 6.07) is 1.96. The van der Waals surface area contributed by atoms with Crippen LogP contribution in [0.1, 0.15) is 44.9 Å². The molecule has 0 aromatic rings. The van der Waals surface area contributed by atoms with Gasteiger partial charge in [-0.05, 0) is 57.5 Å². The summed E-state index contributed by atoms with van der Waals surface area (Å²) in [5.74, 6) is 0.944. The maximum atomic E-state index is 3.55. The van der Waals surface area contributed by atoms with Crippen LogP contribution in [0.15, 0.2) is 0 Å². The SMILES string of the molecule is C1CNCC(CN(C2CCC2)C2CC2)C1. The summed E-state index contributed by atoms with van der Waals surface area (Å²) in [4.78, 5) is 2.86. The Bertz CT molecular complexity index is 203. The van der Waals surface area contributed by atoms with E-state index < -0.39 is 0 Å². The molecule has 2 aliphatic carbocycles. The third-order valence-corrected chi connectivity index (χ3v) is 4.43. The van der Waals surface area contributed by atoms with Gasteiger partial charge in [0.2, 0.25) is 0 Å². The van der Waals surface area contributed by atoms with Crippen LogP contribution in [0.25, 0.3) is 0 Å². The van der Waals surface area contributed by atoms with Crippen LogP contribution in [-0.4, -0.2) is 36.6 Å². The van der Waals surface area contributed by atoms with Crippen molar-refractivity contribution >= 4 is 0 Å². The molecule has 1 unspecified atom stereocenters. The average Bonchev–Trinajstić information content (AvgIpc) is 2.99. The molecule has 0 amide bonds. The molecular weight excluding hydrogens is 184 g/mol. The number of piperidine rings is 1. The summed E-state index contributed by atoms with van der Waals surface area (Å²) in [5.41, 5.74) is 0. The second-order valence-corrected chi connectivity index (χ2v) is 5.73. The van der Waals surface area contributed by atoms with Crippen molar-refractivity contribution in [2.75, 3.05) is 19.6 Å². The van der Waals surface area contributed by atoms with Crippen LogP contribution < -0.4 is 5.32 Å². The highest BCUT2D eigenvalue weighted by Crippen LogP contribution is 2.36. The van der Waals surface area contributed by atoms with E-state index in [4.69, 9.17) is 0 Å². The van der Waals surface area contributed by atoms with Crippen molar-refractivity contribution in [3.63, 3.8) is 0 Å². The highest BCUT2D eigenvalue weighted by Gasteiger charge is 2.37. The lowest BCUT2D eigenvalue weighted by molar-refractivity contribution is 0.0925. The van der Waals surface area contributed by atoms with Crippen LogP contribution in [0.2, 0.25) is 0 Å². The van der Waals surface area contributed by atoms with Crippen molar-refractivity contribution in [2.45, 2.75) is 57.0 Å². The molecule has 3 fully saturated rings. The minimum absolute atomic E-state index is 0.944. The molecule has 1 aliphatic heterocycles. The monoisotopic (exact) mass is 208 g/mol. The maximum Gasteiger partial charge on any atom is 0.00994 e. The van der Waals surface area contributed by atoms with Crippen molar-refractivity contribution in [1.82, 2.24) is 10.2 Å². The first kappa shape index (κ1) is 10.1. The lowest BCUT2D eigenvalue weighted by Gasteiger charge is -2.40. The van der Waals surface area contributed by atoms with Crippen molar-refractivity contribution in [2.24, 2.45) is 5.92 Å². The van der Waals surface area contributed by atoms with E-state index in [1.165, 1.54) is 64.6 Å². The van der Waals surface area contributed by atoms with Crippen LogP contribution >= 0.6 is 0 Å². The van der Waals surface area contributed by atoms with E-state index >= 15 is 0 Å². The van der Waals surface area contributed by atoms with Gasteiger partial charge >= 0.3 is 0 Å². The lowest BCUT2D eigenvalue weighted by atomic mass is 9.89. The Balaban J connectivity index is 1.52. The molecule has 15 heavy (non-hydrogen) atoms. The zero-order chi connectivity index (χ0) is 10.1. The number of rotatable bonds is 4. The number of nitrogens with one attached hydrogen (secondary N) is 1. The summed E-state index contributed by atoms with van der Waals surface area (Å²) >= 11 is 0. The van der Waals surface area contributed by atoms with Gasteiger partial charge in [0.1, 0.15) is 0 Å². The Kier molecular flexibility index (Phi) is 2.98. The minimum Gasteiger partial charge on any atom is -0.316 e. The fourth-order valence-corrected chi connectivity index (χ4v) is 3.10. The van der Waals surface area contributed by atoms with Gasteiger partial charge in [-0.15, -0.1) is 0 Å². The van der Waals surface area contributed by atoms with E-state index in [0.717, 1.165) is 18.0 Å². The largest absolute Gasteiger partial charge is 0.316 e. The zero-order valence-electron chi connectivity index (χ0n) is 9.75.